The second-order valence-electron chi connectivity index (χ2n) is 16.8. The largest absolute Gasteiger partial charge is 0.456 e. The molecule has 3 aliphatic rings. The molecule has 0 aromatic carbocycles. The average molecular weight is 760 g/mol. The van der Waals surface area contributed by atoms with Crippen LogP contribution in [0, 0.1) is 23.7 Å². The lowest BCUT2D eigenvalue weighted by Gasteiger charge is -2.45. The predicted molar refractivity (Wildman–Crippen MR) is 211 cm³/mol. The maximum absolute atomic E-state index is 14.2. The zero-order valence-electron chi connectivity index (χ0n) is 35.0. The third-order valence-electron chi connectivity index (χ3n) is 12.4. The number of hydrogen-bond donors (Lipinski definition) is 1. The molecule has 3 fully saturated rings. The van der Waals surface area contributed by atoms with Crippen LogP contribution in [0.1, 0.15) is 151 Å². The summed E-state index contributed by atoms with van der Waals surface area (Å²) in [6.45, 7) is 14.3. The quantitative estimate of drug-likeness (QED) is 0.0745. The Balaban J connectivity index is 1.80. The fraction of sp³-hybridized carbons (Fsp3) is 0.818. The number of rotatable bonds is 20. The molecule has 1 N–H and O–H groups in total. The number of likely N-dealkylation sites (tertiary alicyclic amines) is 1. The molecular weight excluding hydrogens is 686 g/mol. The van der Waals surface area contributed by atoms with Crippen LogP contribution in [0.3, 0.4) is 0 Å². The molecule has 10 atom stereocenters. The lowest BCUT2D eigenvalue weighted by molar-refractivity contribution is -0.287. The molecule has 2 aliphatic heterocycles. The molecule has 0 radical (unpaired) electrons. The first-order valence-corrected chi connectivity index (χ1v) is 21.0. The van der Waals surface area contributed by atoms with Gasteiger partial charge in [-0.1, -0.05) is 58.3 Å². The van der Waals surface area contributed by atoms with Gasteiger partial charge in [-0.3, -0.25) is 14.4 Å². The number of Topliss-reactive ketones (excluding diaryl/α,β-unsaturated/α-hetero) is 2. The minimum absolute atomic E-state index is 0.139. The minimum atomic E-state index is -2.34. The Bertz CT molecular complexity index is 1290. The highest BCUT2D eigenvalue weighted by molar-refractivity contribution is 6.39. The molecule has 0 aromatic rings. The molecule has 0 aromatic heterocycles. The fourth-order valence-electron chi connectivity index (χ4n) is 8.69. The van der Waals surface area contributed by atoms with Crippen LogP contribution >= 0.6 is 0 Å². The molecule has 308 valence electrons. The van der Waals surface area contributed by atoms with Crippen molar-refractivity contribution in [3.05, 3.63) is 23.3 Å². The van der Waals surface area contributed by atoms with Gasteiger partial charge in [-0.25, -0.2) is 4.79 Å². The molecule has 1 amide bonds. The predicted octanol–water partition coefficient (Wildman–Crippen LogP) is 8.08. The van der Waals surface area contributed by atoms with Crippen molar-refractivity contribution in [3.63, 3.8) is 0 Å². The summed E-state index contributed by atoms with van der Waals surface area (Å²) in [6.07, 6.45) is 14.7. The summed E-state index contributed by atoms with van der Waals surface area (Å²) in [5.41, 5.74) is 2.22. The molecule has 0 bridgehead atoms. The number of amides is 1. The first kappa shape index (κ1) is 46.0. The molecule has 2 saturated heterocycles. The highest BCUT2D eigenvalue weighted by Crippen LogP contribution is 2.38. The van der Waals surface area contributed by atoms with Crippen molar-refractivity contribution in [3.8, 4) is 0 Å². The third kappa shape index (κ3) is 12.8. The van der Waals surface area contributed by atoms with Gasteiger partial charge in [-0.15, -0.1) is 0 Å². The molecule has 0 spiro atoms. The van der Waals surface area contributed by atoms with E-state index in [2.05, 4.69) is 32.9 Å². The lowest BCUT2D eigenvalue weighted by atomic mass is 9.83. The van der Waals surface area contributed by atoms with Crippen LogP contribution < -0.4 is 0 Å². The van der Waals surface area contributed by atoms with E-state index < -0.39 is 47.6 Å². The smallest absolute Gasteiger partial charge is 0.329 e. The second-order valence-corrected chi connectivity index (χ2v) is 16.8. The van der Waals surface area contributed by atoms with Gasteiger partial charge in [-0.05, 0) is 121 Å². The molecule has 10 nitrogen and oxygen atoms in total. The maximum Gasteiger partial charge on any atom is 0.329 e. The zero-order chi connectivity index (χ0) is 40.0. The number of piperidine rings is 1. The lowest BCUT2D eigenvalue weighted by Crippen LogP contribution is -2.62. The number of ether oxygens (including phenoxy) is 4. The molecule has 1 aliphatic carbocycles. The molecule has 1 unspecified atom stereocenters. The SMILES string of the molecule is C/C=C(\C)C[C@H](C)CC[C@H]1O[C@@](O)(C(=O)C(=O)N2CCCC[C@H]2C(=O)O[C@H](/C(C)=C/[C@@H]2CCCC(OC)C2)[C@H](C)CCC(=O)CCCC)[C@H](C)C[C@@H]1OC. The number of carbonyl (C=O) groups excluding carboxylic acids is 4. The van der Waals surface area contributed by atoms with E-state index in [9.17, 15) is 24.3 Å². The van der Waals surface area contributed by atoms with Crippen LogP contribution in [-0.2, 0) is 38.1 Å². The highest BCUT2D eigenvalue weighted by Gasteiger charge is 2.55. The van der Waals surface area contributed by atoms with Crippen molar-refractivity contribution in [2.24, 2.45) is 23.7 Å². The molecule has 3 rings (SSSR count). The van der Waals surface area contributed by atoms with Crippen molar-refractivity contribution in [2.45, 2.75) is 187 Å². The van der Waals surface area contributed by atoms with E-state index in [1.54, 1.807) is 21.1 Å². The standard InChI is InChI=1S/C44H73NO9/c1-10-12-17-35(46)22-21-31(5)40(32(6)26-34-16-15-18-36(28-34)51-8)53-43(49)37-19-13-14-24-45(37)42(48)41(47)44(50)33(7)27-39(52-9)38(54-44)23-20-30(4)25-29(3)11-2/h11,26,30-31,33-34,36-40,50H,10,12-25,27-28H2,1-9H3/b29-11+,32-26+/t30-,31-,33-,34+,36?,37+,38-,39+,40+,44-/m1/s1. The summed E-state index contributed by atoms with van der Waals surface area (Å²) in [6, 6.07) is -0.975. The first-order valence-electron chi connectivity index (χ1n) is 21.0. The van der Waals surface area contributed by atoms with Gasteiger partial charge >= 0.3 is 5.97 Å². The minimum Gasteiger partial charge on any atom is -0.456 e. The highest BCUT2D eigenvalue weighted by atomic mass is 16.7. The van der Waals surface area contributed by atoms with Crippen LogP contribution in [0.25, 0.3) is 0 Å². The molecular formula is C44H73NO9. The van der Waals surface area contributed by atoms with Gasteiger partial charge in [0.25, 0.3) is 11.7 Å². The Hall–Kier alpha value is -2.40. The second kappa shape index (κ2) is 22.4. The number of aliphatic hydroxyl groups is 1. The molecule has 1 saturated carbocycles. The van der Waals surface area contributed by atoms with Crippen molar-refractivity contribution < 1.29 is 43.2 Å². The topological polar surface area (TPSA) is 129 Å². The summed E-state index contributed by atoms with van der Waals surface area (Å²) < 4.78 is 23.9. The number of allylic oxidation sites excluding steroid dienone is 3. The van der Waals surface area contributed by atoms with Gasteiger partial charge < -0.3 is 29.0 Å². The number of carbonyl (C=O) groups is 4. The Labute approximate surface area is 326 Å². The van der Waals surface area contributed by atoms with Crippen molar-refractivity contribution in [1.82, 2.24) is 4.90 Å². The van der Waals surface area contributed by atoms with E-state index in [0.717, 1.165) is 56.9 Å². The van der Waals surface area contributed by atoms with Crippen LogP contribution in [0.4, 0.5) is 0 Å². The van der Waals surface area contributed by atoms with E-state index >= 15 is 0 Å². The number of hydrogen-bond acceptors (Lipinski definition) is 9. The Morgan fingerprint density at radius 2 is 1.72 bits per heavy atom. The summed E-state index contributed by atoms with van der Waals surface area (Å²) >= 11 is 0. The Morgan fingerprint density at radius 3 is 2.39 bits per heavy atom. The number of unbranched alkanes of at least 4 members (excludes halogenated alkanes) is 1. The van der Waals surface area contributed by atoms with E-state index in [0.29, 0.717) is 57.3 Å². The van der Waals surface area contributed by atoms with Gasteiger partial charge in [0.2, 0.25) is 5.79 Å². The zero-order valence-corrected chi connectivity index (χ0v) is 35.0. The number of methoxy groups -OCH3 is 2. The fourth-order valence-corrected chi connectivity index (χ4v) is 8.69. The number of ketones is 2. The first-order chi connectivity index (χ1) is 25.7. The monoisotopic (exact) mass is 760 g/mol. The summed E-state index contributed by atoms with van der Waals surface area (Å²) in [4.78, 5) is 56.3. The summed E-state index contributed by atoms with van der Waals surface area (Å²) in [7, 11) is 3.35. The number of esters is 1. The van der Waals surface area contributed by atoms with Crippen molar-refractivity contribution in [2.75, 3.05) is 20.8 Å². The summed E-state index contributed by atoms with van der Waals surface area (Å²) in [5.74, 6) is -4.87. The number of nitrogens with zero attached hydrogens (tertiary/aromatic N) is 1. The van der Waals surface area contributed by atoms with Crippen LogP contribution in [0.15, 0.2) is 23.3 Å². The maximum atomic E-state index is 14.2. The summed E-state index contributed by atoms with van der Waals surface area (Å²) in [5, 5.41) is 11.9. The van der Waals surface area contributed by atoms with Crippen molar-refractivity contribution in [1.29, 1.82) is 0 Å². The normalized spacial score (nSPS) is 30.0. The van der Waals surface area contributed by atoms with E-state index in [1.165, 1.54) is 10.5 Å². The van der Waals surface area contributed by atoms with Gasteiger partial charge in [0.15, 0.2) is 0 Å². The van der Waals surface area contributed by atoms with Crippen molar-refractivity contribution >= 4 is 23.4 Å². The van der Waals surface area contributed by atoms with Gasteiger partial charge in [0, 0.05) is 39.5 Å². The molecule has 10 heteroatoms. The van der Waals surface area contributed by atoms with Crippen LogP contribution in [-0.4, -0.2) is 90.5 Å². The van der Waals surface area contributed by atoms with Crippen LogP contribution in [0.5, 0.6) is 0 Å². The molecule has 54 heavy (non-hydrogen) atoms. The average Bonchev–Trinajstić information content (AvgIpc) is 3.17. The molecule has 2 heterocycles. The van der Waals surface area contributed by atoms with Gasteiger partial charge in [-0.2, -0.15) is 0 Å². The Kier molecular flexibility index (Phi) is 19.0. The van der Waals surface area contributed by atoms with Gasteiger partial charge in [0.05, 0.1) is 18.3 Å². The Morgan fingerprint density at radius 1 is 0.981 bits per heavy atom. The van der Waals surface area contributed by atoms with Gasteiger partial charge in [0.1, 0.15) is 17.9 Å². The van der Waals surface area contributed by atoms with E-state index in [-0.39, 0.29) is 36.4 Å². The van der Waals surface area contributed by atoms with Crippen LogP contribution in [0.2, 0.25) is 0 Å². The van der Waals surface area contributed by atoms with E-state index in [1.807, 2.05) is 20.8 Å². The third-order valence-corrected chi connectivity index (χ3v) is 12.4. The van der Waals surface area contributed by atoms with E-state index in [4.69, 9.17) is 18.9 Å².